The van der Waals surface area contributed by atoms with E-state index < -0.39 is 40.8 Å². The van der Waals surface area contributed by atoms with Crippen molar-refractivity contribution in [2.75, 3.05) is 6.61 Å². The SMILES string of the molecule is C=C1S[C@]2(NC(C)=O)C(c3ccccc3)C(=O)N2C(C(=O)OC(c2ccccc2)c2ccccc2)=C1COC(C)=O. The summed E-state index contributed by atoms with van der Waals surface area (Å²) in [6, 6.07) is 27.5. The lowest BCUT2D eigenvalue weighted by atomic mass is 9.84. The molecule has 1 unspecified atom stereocenters. The molecule has 2 aliphatic heterocycles. The molecular formula is C32H28N2O6S. The van der Waals surface area contributed by atoms with E-state index in [9.17, 15) is 19.2 Å². The first kappa shape index (κ1) is 27.9. The van der Waals surface area contributed by atoms with Gasteiger partial charge in [-0.05, 0) is 16.7 Å². The highest BCUT2D eigenvalue weighted by molar-refractivity contribution is 8.04. The molecule has 9 heteroatoms. The Labute approximate surface area is 242 Å². The van der Waals surface area contributed by atoms with Gasteiger partial charge in [0.1, 0.15) is 18.2 Å². The fourth-order valence-electron chi connectivity index (χ4n) is 5.12. The Bertz CT molecular complexity index is 1500. The summed E-state index contributed by atoms with van der Waals surface area (Å²) in [7, 11) is 0. The van der Waals surface area contributed by atoms with Crippen molar-refractivity contribution in [1.82, 2.24) is 10.2 Å². The van der Waals surface area contributed by atoms with E-state index in [4.69, 9.17) is 9.47 Å². The zero-order valence-corrected chi connectivity index (χ0v) is 23.4. The van der Waals surface area contributed by atoms with Crippen molar-refractivity contribution in [2.24, 2.45) is 0 Å². The van der Waals surface area contributed by atoms with Gasteiger partial charge in [0, 0.05) is 24.3 Å². The zero-order chi connectivity index (χ0) is 29.1. The summed E-state index contributed by atoms with van der Waals surface area (Å²) >= 11 is 1.13. The molecule has 0 spiro atoms. The Balaban J connectivity index is 1.62. The minimum absolute atomic E-state index is 0.127. The molecule has 2 atom stereocenters. The number of rotatable bonds is 8. The lowest BCUT2D eigenvalue weighted by Gasteiger charge is -2.59. The van der Waals surface area contributed by atoms with Crippen LogP contribution in [0, 0.1) is 0 Å². The normalized spacial score (nSPS) is 19.8. The first-order valence-electron chi connectivity index (χ1n) is 13.0. The highest BCUT2D eigenvalue weighted by Gasteiger charge is 2.67. The van der Waals surface area contributed by atoms with Gasteiger partial charge in [0.25, 0.3) is 0 Å². The van der Waals surface area contributed by atoms with Crippen LogP contribution in [0.5, 0.6) is 0 Å². The Morgan fingerprint density at radius 1 is 0.927 bits per heavy atom. The molecule has 3 aromatic rings. The summed E-state index contributed by atoms with van der Waals surface area (Å²) in [6.07, 6.45) is -0.799. The molecule has 208 valence electrons. The van der Waals surface area contributed by atoms with Gasteiger partial charge in [0.15, 0.2) is 11.1 Å². The Kier molecular flexibility index (Phi) is 7.81. The van der Waals surface area contributed by atoms with Gasteiger partial charge in [-0.15, -0.1) is 0 Å². The van der Waals surface area contributed by atoms with Crippen molar-refractivity contribution in [3.63, 3.8) is 0 Å². The Hall–Kier alpha value is -4.63. The highest BCUT2D eigenvalue weighted by atomic mass is 32.2. The summed E-state index contributed by atoms with van der Waals surface area (Å²) in [5, 5.41) is 2.91. The number of fused-ring (bicyclic) bond motifs is 1. The van der Waals surface area contributed by atoms with Crippen molar-refractivity contribution in [1.29, 1.82) is 0 Å². The van der Waals surface area contributed by atoms with Gasteiger partial charge in [-0.3, -0.25) is 19.3 Å². The van der Waals surface area contributed by atoms with Crippen LogP contribution in [-0.4, -0.2) is 40.3 Å². The molecule has 1 fully saturated rings. The van der Waals surface area contributed by atoms with E-state index >= 15 is 0 Å². The van der Waals surface area contributed by atoms with Crippen molar-refractivity contribution < 1.29 is 28.7 Å². The van der Waals surface area contributed by atoms with Crippen molar-refractivity contribution in [2.45, 2.75) is 30.9 Å². The third kappa shape index (κ3) is 5.28. The average Bonchev–Trinajstić information content (AvgIpc) is 2.96. The maximum Gasteiger partial charge on any atom is 0.356 e. The van der Waals surface area contributed by atoms with Crippen LogP contribution in [-0.2, 0) is 28.7 Å². The maximum atomic E-state index is 14.2. The fraction of sp³-hybridized carbons (Fsp3) is 0.188. The molecule has 8 nitrogen and oxygen atoms in total. The third-order valence-electron chi connectivity index (χ3n) is 6.85. The predicted molar refractivity (Wildman–Crippen MR) is 154 cm³/mol. The van der Waals surface area contributed by atoms with Crippen LogP contribution in [0.3, 0.4) is 0 Å². The number of β-lactam (4-membered cyclic amide) rings is 1. The lowest BCUT2D eigenvalue weighted by molar-refractivity contribution is -0.161. The number of nitrogens with one attached hydrogen (secondary N) is 1. The minimum atomic E-state index is -1.37. The minimum Gasteiger partial charge on any atom is -0.461 e. The number of carbonyl (C=O) groups is 4. The van der Waals surface area contributed by atoms with Gasteiger partial charge >= 0.3 is 11.9 Å². The number of hydrogen-bond donors (Lipinski definition) is 1. The van der Waals surface area contributed by atoms with Gasteiger partial charge < -0.3 is 14.8 Å². The lowest BCUT2D eigenvalue weighted by Crippen LogP contribution is -2.75. The van der Waals surface area contributed by atoms with Gasteiger partial charge in [0.2, 0.25) is 11.8 Å². The van der Waals surface area contributed by atoms with Crippen LogP contribution in [0.25, 0.3) is 0 Å². The zero-order valence-electron chi connectivity index (χ0n) is 22.5. The standard InChI is InChI=1S/C32H28N2O6S/c1-20-26(19-39-22(3)36)28(31(38)40-29(24-15-9-5-10-16-24)25-17-11-6-12-18-25)34-30(37)27(23-13-7-4-8-14-23)32(34,41-20)33-21(2)35/h4-18,27,29H,1,19H2,2-3H3,(H,33,35)/t27?,32-/m0/s1. The smallest absolute Gasteiger partial charge is 0.356 e. The van der Waals surface area contributed by atoms with E-state index in [1.54, 1.807) is 24.3 Å². The number of hydrogen-bond acceptors (Lipinski definition) is 7. The third-order valence-corrected chi connectivity index (χ3v) is 8.17. The Morgan fingerprint density at radius 3 is 1.98 bits per heavy atom. The summed E-state index contributed by atoms with van der Waals surface area (Å²) in [6.45, 7) is 6.44. The number of esters is 2. The van der Waals surface area contributed by atoms with Gasteiger partial charge in [-0.1, -0.05) is 109 Å². The van der Waals surface area contributed by atoms with E-state index in [1.165, 1.54) is 18.7 Å². The second-order valence-corrected chi connectivity index (χ2v) is 11.0. The molecule has 1 saturated heterocycles. The Morgan fingerprint density at radius 2 is 1.46 bits per heavy atom. The van der Waals surface area contributed by atoms with Crippen LogP contribution in [0.4, 0.5) is 0 Å². The van der Waals surface area contributed by atoms with Crippen molar-refractivity contribution in [3.8, 4) is 0 Å². The molecule has 0 aromatic heterocycles. The van der Waals surface area contributed by atoms with Crippen molar-refractivity contribution >= 4 is 35.5 Å². The predicted octanol–water partition coefficient (Wildman–Crippen LogP) is 4.81. The van der Waals surface area contributed by atoms with Crippen molar-refractivity contribution in [3.05, 3.63) is 130 Å². The van der Waals surface area contributed by atoms with Crippen LogP contribution >= 0.6 is 11.8 Å². The molecule has 0 aliphatic carbocycles. The van der Waals surface area contributed by atoms with E-state index in [2.05, 4.69) is 11.9 Å². The molecule has 2 amide bonds. The molecule has 0 bridgehead atoms. The molecular weight excluding hydrogens is 540 g/mol. The molecule has 0 radical (unpaired) electrons. The van der Waals surface area contributed by atoms with E-state index in [-0.39, 0.29) is 17.9 Å². The first-order valence-corrected chi connectivity index (χ1v) is 13.8. The summed E-state index contributed by atoms with van der Waals surface area (Å²) < 4.78 is 11.4. The number of thioether (sulfide) groups is 1. The molecule has 1 N–H and O–H groups in total. The second kappa shape index (κ2) is 11.5. The molecule has 41 heavy (non-hydrogen) atoms. The van der Waals surface area contributed by atoms with Gasteiger partial charge in [-0.25, -0.2) is 4.79 Å². The molecule has 2 aliphatic rings. The average molecular weight is 569 g/mol. The van der Waals surface area contributed by atoms with Gasteiger partial charge in [-0.2, -0.15) is 0 Å². The maximum absolute atomic E-state index is 14.2. The van der Waals surface area contributed by atoms with Gasteiger partial charge in [0.05, 0.1) is 0 Å². The topological polar surface area (TPSA) is 102 Å². The number of carbonyl (C=O) groups excluding carboxylic acids is 4. The van der Waals surface area contributed by atoms with E-state index in [1.807, 2.05) is 66.7 Å². The summed E-state index contributed by atoms with van der Waals surface area (Å²) in [5.74, 6) is -2.99. The molecule has 3 aromatic carbocycles. The second-order valence-electron chi connectivity index (χ2n) is 9.63. The van der Waals surface area contributed by atoms with E-state index in [0.29, 0.717) is 10.5 Å². The van der Waals surface area contributed by atoms with E-state index in [0.717, 1.165) is 22.9 Å². The van der Waals surface area contributed by atoms with Crippen LogP contribution in [0.15, 0.2) is 114 Å². The largest absolute Gasteiger partial charge is 0.461 e. The molecule has 5 rings (SSSR count). The monoisotopic (exact) mass is 568 g/mol. The number of benzene rings is 3. The first-order chi connectivity index (χ1) is 19.7. The van der Waals surface area contributed by atoms with Crippen LogP contribution in [0.1, 0.15) is 42.6 Å². The summed E-state index contributed by atoms with van der Waals surface area (Å²) in [5.41, 5.74) is 2.23. The summed E-state index contributed by atoms with van der Waals surface area (Å²) in [4.78, 5) is 52.6. The fourth-order valence-corrected chi connectivity index (χ4v) is 6.60. The number of amides is 2. The number of ether oxygens (including phenoxy) is 2. The van der Waals surface area contributed by atoms with Crippen LogP contribution < -0.4 is 5.32 Å². The molecule has 2 heterocycles. The molecule has 0 saturated carbocycles. The quantitative estimate of drug-likeness (QED) is 0.307. The van der Waals surface area contributed by atoms with Crippen LogP contribution in [0.2, 0.25) is 0 Å². The highest BCUT2D eigenvalue weighted by Crippen LogP contribution is 2.59. The number of nitrogens with zero attached hydrogens (tertiary/aromatic N) is 1.